The molecule has 2 aromatic heterocycles. The molecule has 0 aliphatic rings. The summed E-state index contributed by atoms with van der Waals surface area (Å²) in [5.74, 6) is -0.652. The molecule has 0 aliphatic heterocycles. The van der Waals surface area contributed by atoms with Gasteiger partial charge in [-0.2, -0.15) is 13.2 Å². The van der Waals surface area contributed by atoms with Crippen molar-refractivity contribution in [2.75, 3.05) is 0 Å². The maximum Gasteiger partial charge on any atom is 0.416 e. The van der Waals surface area contributed by atoms with Crippen LogP contribution in [-0.2, 0) is 22.6 Å². The van der Waals surface area contributed by atoms with E-state index in [-0.39, 0.29) is 38.8 Å². The van der Waals surface area contributed by atoms with Gasteiger partial charge in [-0.15, -0.1) is 10.2 Å². The second-order valence-corrected chi connectivity index (χ2v) is 9.81. The maximum atomic E-state index is 13.2. The second kappa shape index (κ2) is 11.6. The van der Waals surface area contributed by atoms with E-state index < -0.39 is 43.1 Å². The van der Waals surface area contributed by atoms with Crippen LogP contribution < -0.4 is 5.69 Å². The van der Waals surface area contributed by atoms with Crippen LogP contribution in [-0.4, -0.2) is 52.5 Å². The van der Waals surface area contributed by atoms with Gasteiger partial charge in [0.15, 0.2) is 29.7 Å². The minimum Gasteiger partial charge on any atom is -0.455 e. The van der Waals surface area contributed by atoms with Gasteiger partial charge in [0.1, 0.15) is 12.2 Å². The van der Waals surface area contributed by atoms with Gasteiger partial charge in [0, 0.05) is 17.5 Å². The Balaban J connectivity index is 1.82. The number of carbonyl (C=O) groups is 1. The molecule has 0 radical (unpaired) electrons. The van der Waals surface area contributed by atoms with Crippen LogP contribution in [0.3, 0.4) is 0 Å². The van der Waals surface area contributed by atoms with Crippen molar-refractivity contribution in [3.05, 3.63) is 79.7 Å². The van der Waals surface area contributed by atoms with Crippen LogP contribution in [0.2, 0.25) is 15.1 Å². The minimum absolute atomic E-state index is 0.0178. The Kier molecular flexibility index (Phi) is 8.59. The lowest BCUT2D eigenvalue weighted by atomic mass is 10.2. The van der Waals surface area contributed by atoms with Crippen LogP contribution in [0.1, 0.15) is 31.6 Å². The second-order valence-electron chi connectivity index (χ2n) is 8.56. The zero-order chi connectivity index (χ0) is 29.4. The van der Waals surface area contributed by atoms with Gasteiger partial charge in [0.05, 0.1) is 16.6 Å². The molecular weight excluding hydrogens is 600 g/mol. The van der Waals surface area contributed by atoms with Gasteiger partial charge < -0.3 is 9.84 Å². The van der Waals surface area contributed by atoms with E-state index in [1.807, 2.05) is 0 Å². The van der Waals surface area contributed by atoms with E-state index in [1.54, 1.807) is 18.2 Å². The van der Waals surface area contributed by atoms with Crippen LogP contribution in [0.5, 0.6) is 0 Å². The lowest BCUT2D eigenvalue weighted by molar-refractivity contribution is -0.207. The zero-order valence-electron chi connectivity index (χ0n) is 20.7. The van der Waals surface area contributed by atoms with Crippen molar-refractivity contribution in [3.8, 4) is 17.1 Å². The molecule has 4 aromatic rings. The molecule has 0 amide bonds. The third kappa shape index (κ3) is 6.33. The molecule has 0 saturated carbocycles. The largest absolute Gasteiger partial charge is 0.455 e. The lowest BCUT2D eigenvalue weighted by Crippen LogP contribution is -2.37. The fourth-order valence-corrected chi connectivity index (χ4v) is 4.47. The number of hydrogen-bond acceptors (Lipinski definition) is 7. The van der Waals surface area contributed by atoms with Crippen LogP contribution in [0.4, 0.5) is 13.2 Å². The Morgan fingerprint density at radius 2 is 1.70 bits per heavy atom. The predicted octanol–water partition coefficient (Wildman–Crippen LogP) is 4.85. The average molecular weight is 620 g/mol. The van der Waals surface area contributed by atoms with Gasteiger partial charge >= 0.3 is 17.8 Å². The summed E-state index contributed by atoms with van der Waals surface area (Å²) in [6.07, 6.45) is -8.73. The quantitative estimate of drug-likeness (QED) is 0.280. The first kappa shape index (κ1) is 29.6. The number of nitrogens with zero attached hydrogens (tertiary/aromatic N) is 6. The Hall–Kier alpha value is -3.39. The van der Waals surface area contributed by atoms with Crippen molar-refractivity contribution >= 4 is 40.8 Å². The fourth-order valence-electron chi connectivity index (χ4n) is 3.79. The number of aliphatic hydroxyl groups is 1. The topological polar surface area (TPSA) is 117 Å². The molecule has 1 N–H and O–H groups in total. The Morgan fingerprint density at radius 1 is 1.07 bits per heavy atom. The van der Waals surface area contributed by atoms with Crippen LogP contribution >= 0.6 is 34.8 Å². The van der Waals surface area contributed by atoms with Crippen LogP contribution in [0.25, 0.3) is 17.1 Å². The molecule has 2 heterocycles. The van der Waals surface area contributed by atoms with Gasteiger partial charge in [-0.25, -0.2) is 19.1 Å². The number of aromatic nitrogens is 6. The number of ether oxygens (including phenoxy) is 1. The van der Waals surface area contributed by atoms with Crippen molar-refractivity contribution in [3.63, 3.8) is 0 Å². The first-order valence-corrected chi connectivity index (χ1v) is 12.7. The summed E-state index contributed by atoms with van der Waals surface area (Å²) in [5.41, 5.74) is -0.457. The molecule has 0 fully saturated rings. The number of aliphatic hydroxyl groups excluding tert-OH is 1. The number of hydrogen-bond donors (Lipinski definition) is 1. The minimum atomic E-state index is -4.98. The van der Waals surface area contributed by atoms with Gasteiger partial charge in [0.2, 0.25) is 0 Å². The first-order chi connectivity index (χ1) is 18.8. The highest BCUT2D eigenvalue weighted by Gasteiger charge is 2.39. The van der Waals surface area contributed by atoms with Crippen molar-refractivity contribution < 1.29 is 27.8 Å². The highest BCUT2D eigenvalue weighted by atomic mass is 35.5. The van der Waals surface area contributed by atoms with E-state index in [0.29, 0.717) is 9.59 Å². The summed E-state index contributed by atoms with van der Waals surface area (Å²) in [4.78, 5) is 29.2. The highest BCUT2D eigenvalue weighted by Crippen LogP contribution is 2.31. The number of para-hydroxylation sites is 1. The molecule has 0 unspecified atom stereocenters. The van der Waals surface area contributed by atoms with E-state index in [1.165, 1.54) is 42.8 Å². The summed E-state index contributed by atoms with van der Waals surface area (Å²) >= 11 is 18.6. The number of rotatable bonds is 8. The van der Waals surface area contributed by atoms with Crippen molar-refractivity contribution in [2.24, 2.45) is 0 Å². The molecule has 2 aromatic carbocycles. The molecule has 0 saturated heterocycles. The zero-order valence-corrected chi connectivity index (χ0v) is 23.0. The summed E-state index contributed by atoms with van der Waals surface area (Å²) < 4.78 is 47.5. The summed E-state index contributed by atoms with van der Waals surface area (Å²) in [6, 6.07) is 10.6. The molecule has 0 aliphatic carbocycles. The monoisotopic (exact) mass is 618 g/mol. The van der Waals surface area contributed by atoms with Crippen LogP contribution in [0, 0.1) is 0 Å². The van der Waals surface area contributed by atoms with Crippen molar-refractivity contribution in [1.29, 1.82) is 0 Å². The van der Waals surface area contributed by atoms with Gasteiger partial charge in [-0.3, -0.25) is 9.36 Å². The van der Waals surface area contributed by atoms with E-state index >= 15 is 0 Å². The van der Waals surface area contributed by atoms with Gasteiger partial charge in [-0.05, 0) is 43.3 Å². The molecule has 0 bridgehead atoms. The molecule has 16 heteroatoms. The third-order valence-electron chi connectivity index (χ3n) is 5.58. The summed E-state index contributed by atoms with van der Waals surface area (Å²) in [7, 11) is 0. The summed E-state index contributed by atoms with van der Waals surface area (Å²) in [6.45, 7) is 1.24. The Bertz CT molecular complexity index is 1580. The fraction of sp³-hybridized carbons (Fsp3) is 0.292. The Labute approximate surface area is 239 Å². The van der Waals surface area contributed by atoms with Crippen molar-refractivity contribution in [2.45, 2.75) is 45.3 Å². The molecule has 212 valence electrons. The third-order valence-corrected chi connectivity index (χ3v) is 6.44. The number of carbonyl (C=O) groups excluding carboxylic acids is 1. The highest BCUT2D eigenvalue weighted by molar-refractivity contribution is 6.37. The standard InChI is InChI=1S/C24H20Cl3F3N6O4/c1-12(40-13(2)37)21-31-19(32-36(21)20-16(26)4-3-5-17(20)27)11-35-23(39)34(10-18(38)24(28,29)30)22(33-35)14-6-8-15(25)9-7-14/h3-9,12,18,38H,10-11H2,1-2H3/t12-,18-/m0/s1. The number of esters is 1. The smallest absolute Gasteiger partial charge is 0.416 e. The molecular formula is C24H20Cl3F3N6O4. The molecule has 10 nitrogen and oxygen atoms in total. The molecule has 2 atom stereocenters. The summed E-state index contributed by atoms with van der Waals surface area (Å²) in [5, 5.41) is 19.0. The maximum absolute atomic E-state index is 13.2. The van der Waals surface area contributed by atoms with Crippen molar-refractivity contribution in [1.82, 2.24) is 29.1 Å². The van der Waals surface area contributed by atoms with E-state index in [9.17, 15) is 27.9 Å². The molecule has 40 heavy (non-hydrogen) atoms. The number of halogens is 6. The number of benzene rings is 2. The SMILES string of the molecule is CC(=O)O[C@@H](C)c1nc(Cn2nc(-c3ccc(Cl)cc3)n(C[C@H](O)C(F)(F)F)c2=O)nn1-c1c(Cl)cccc1Cl. The van der Waals surface area contributed by atoms with Crippen LogP contribution in [0.15, 0.2) is 47.3 Å². The van der Waals surface area contributed by atoms with E-state index in [2.05, 4.69) is 15.2 Å². The normalized spacial score (nSPS) is 13.3. The first-order valence-electron chi connectivity index (χ1n) is 11.5. The van der Waals surface area contributed by atoms with E-state index in [4.69, 9.17) is 39.5 Å². The Morgan fingerprint density at radius 3 is 2.27 bits per heavy atom. The predicted molar refractivity (Wildman–Crippen MR) is 140 cm³/mol. The van der Waals surface area contributed by atoms with E-state index in [0.717, 1.165) is 4.68 Å². The molecule has 0 spiro atoms. The average Bonchev–Trinajstić information content (AvgIpc) is 3.40. The number of alkyl halides is 3. The lowest BCUT2D eigenvalue weighted by Gasteiger charge is -2.15. The van der Waals surface area contributed by atoms with Gasteiger partial charge in [0.25, 0.3) is 0 Å². The molecule has 4 rings (SSSR count). The van der Waals surface area contributed by atoms with Gasteiger partial charge in [-0.1, -0.05) is 40.9 Å².